The van der Waals surface area contributed by atoms with Crippen molar-refractivity contribution in [2.45, 2.75) is 58.0 Å². The van der Waals surface area contributed by atoms with E-state index in [1.165, 1.54) is 31.8 Å². The maximum Gasteiger partial charge on any atom is 0.267 e. The Morgan fingerprint density at radius 1 is 1.38 bits per heavy atom. The van der Waals surface area contributed by atoms with Crippen LogP contribution in [-0.4, -0.2) is 59.0 Å². The first kappa shape index (κ1) is 20.4. The fraction of sp³-hybridized carbons (Fsp3) is 0.600. The second kappa shape index (κ2) is 10.3. The Hall–Kier alpha value is -1.92. The lowest BCUT2D eigenvalue weighted by atomic mass is 10.0. The molecule has 1 amide bonds. The third-order valence-corrected chi connectivity index (χ3v) is 4.87. The highest BCUT2D eigenvalue weighted by atomic mass is 16.5. The summed E-state index contributed by atoms with van der Waals surface area (Å²) in [6.07, 6.45) is 14.9. The van der Waals surface area contributed by atoms with Crippen molar-refractivity contribution < 1.29 is 10.0 Å². The monoisotopic (exact) mass is 360 g/mol. The fourth-order valence-corrected chi connectivity index (χ4v) is 3.37. The minimum atomic E-state index is -0.536. The number of fused-ring (bicyclic) bond motifs is 1. The number of hydrogen-bond donors (Lipinski definition) is 2. The number of nitrogens with one attached hydrogen (secondary N) is 1. The number of likely N-dealkylation sites (N-methyl/N-ethyl adjacent to an activating group) is 1. The molecule has 0 fully saturated rings. The standard InChI is InChI=1S/C20H32N4O2/c1-4-6-8-17-18(15-23(3)12-7-5-2)24-13-11-16(14-19(24)21-17)9-10-20(25)22-26/h9-11,13-14,17-18,26H,4-8,12,15H2,1-3H3,(H,22,25)/b10-9+. The Morgan fingerprint density at radius 2 is 2.15 bits per heavy atom. The number of amides is 1. The zero-order valence-electron chi connectivity index (χ0n) is 16.2. The Balaban J connectivity index is 2.10. The number of carbonyl (C=O) groups is 1. The highest BCUT2D eigenvalue weighted by Crippen LogP contribution is 2.27. The Labute approximate surface area is 156 Å². The van der Waals surface area contributed by atoms with Crippen molar-refractivity contribution in [3.05, 3.63) is 36.1 Å². The lowest BCUT2D eigenvalue weighted by Gasteiger charge is -2.32. The van der Waals surface area contributed by atoms with Crippen molar-refractivity contribution in [3.8, 4) is 0 Å². The molecule has 2 rings (SSSR count). The van der Waals surface area contributed by atoms with Crippen LogP contribution in [-0.2, 0) is 4.79 Å². The third-order valence-electron chi connectivity index (χ3n) is 4.87. The fourth-order valence-electron chi connectivity index (χ4n) is 3.37. The van der Waals surface area contributed by atoms with E-state index < -0.39 is 5.91 Å². The number of nitrogens with zero attached hydrogens (tertiary/aromatic N) is 3. The lowest BCUT2D eigenvalue weighted by molar-refractivity contribution is -0.124. The van der Waals surface area contributed by atoms with Gasteiger partial charge in [0.1, 0.15) is 5.84 Å². The minimum Gasteiger partial charge on any atom is -0.327 e. The maximum absolute atomic E-state index is 11.2. The van der Waals surface area contributed by atoms with Crippen molar-refractivity contribution >= 4 is 11.7 Å². The first-order chi connectivity index (χ1) is 12.6. The summed E-state index contributed by atoms with van der Waals surface area (Å²) in [5.74, 6) is 0.429. The van der Waals surface area contributed by atoms with Gasteiger partial charge < -0.3 is 9.80 Å². The number of rotatable bonds is 10. The zero-order chi connectivity index (χ0) is 18.9. The molecule has 26 heavy (non-hydrogen) atoms. The lowest BCUT2D eigenvalue weighted by Crippen LogP contribution is -2.44. The van der Waals surface area contributed by atoms with Crippen LogP contribution in [0.25, 0.3) is 0 Å². The first-order valence-corrected chi connectivity index (χ1v) is 9.65. The molecule has 2 heterocycles. The van der Waals surface area contributed by atoms with E-state index in [1.54, 1.807) is 11.6 Å². The molecular formula is C20H32N4O2. The van der Waals surface area contributed by atoms with E-state index in [0.717, 1.165) is 30.9 Å². The van der Waals surface area contributed by atoms with Crippen LogP contribution in [0, 0.1) is 0 Å². The normalized spacial score (nSPS) is 22.0. The quantitative estimate of drug-likeness (QED) is 0.357. The van der Waals surface area contributed by atoms with Gasteiger partial charge in [0.25, 0.3) is 5.91 Å². The highest BCUT2D eigenvalue weighted by molar-refractivity contribution is 5.98. The number of carbonyl (C=O) groups excluding carboxylic acids is 1. The molecule has 0 saturated carbocycles. The number of unbranched alkanes of at least 4 members (excludes halogenated alkanes) is 2. The van der Waals surface area contributed by atoms with Gasteiger partial charge in [0, 0.05) is 18.8 Å². The molecule has 6 nitrogen and oxygen atoms in total. The third kappa shape index (κ3) is 5.54. The molecule has 0 aromatic carbocycles. The summed E-state index contributed by atoms with van der Waals surface area (Å²) in [6.45, 7) is 6.55. The van der Waals surface area contributed by atoms with E-state index in [9.17, 15) is 4.79 Å². The van der Waals surface area contributed by atoms with Gasteiger partial charge in [0.15, 0.2) is 0 Å². The summed E-state index contributed by atoms with van der Waals surface area (Å²) in [5, 5.41) is 8.59. The molecule has 0 aromatic heterocycles. The van der Waals surface area contributed by atoms with E-state index in [-0.39, 0.29) is 0 Å². The molecule has 0 aliphatic carbocycles. The second-order valence-electron chi connectivity index (χ2n) is 7.06. The van der Waals surface area contributed by atoms with Crippen LogP contribution in [0.4, 0.5) is 0 Å². The molecule has 0 bridgehead atoms. The Bertz CT molecular complexity index is 595. The van der Waals surface area contributed by atoms with Crippen molar-refractivity contribution in [1.82, 2.24) is 15.3 Å². The van der Waals surface area contributed by atoms with E-state index in [1.807, 2.05) is 12.2 Å². The zero-order valence-corrected chi connectivity index (χ0v) is 16.2. The smallest absolute Gasteiger partial charge is 0.267 e. The van der Waals surface area contributed by atoms with Gasteiger partial charge in [-0.05, 0) is 50.2 Å². The van der Waals surface area contributed by atoms with E-state index in [2.05, 4.69) is 36.9 Å². The molecule has 0 radical (unpaired) electrons. The number of hydrogen-bond acceptors (Lipinski definition) is 5. The predicted octanol–water partition coefficient (Wildman–Crippen LogP) is 2.88. The molecule has 2 aliphatic rings. The van der Waals surface area contributed by atoms with Crippen LogP contribution in [0.5, 0.6) is 0 Å². The molecule has 0 spiro atoms. The van der Waals surface area contributed by atoms with Crippen molar-refractivity contribution in [3.63, 3.8) is 0 Å². The van der Waals surface area contributed by atoms with Gasteiger partial charge in [-0.15, -0.1) is 0 Å². The molecule has 2 aliphatic heterocycles. The summed E-state index contributed by atoms with van der Waals surface area (Å²) < 4.78 is 0. The molecule has 0 aromatic rings. The van der Waals surface area contributed by atoms with Gasteiger partial charge in [-0.2, -0.15) is 0 Å². The minimum absolute atomic E-state index is 0.305. The molecule has 2 unspecified atom stereocenters. The van der Waals surface area contributed by atoms with Crippen LogP contribution in [0.3, 0.4) is 0 Å². The topological polar surface area (TPSA) is 68.2 Å². The number of aliphatic imine (C=N–C) groups is 1. The van der Waals surface area contributed by atoms with Crippen molar-refractivity contribution in [2.75, 3.05) is 20.1 Å². The summed E-state index contributed by atoms with van der Waals surface area (Å²) in [6, 6.07) is 0.663. The van der Waals surface area contributed by atoms with Crippen LogP contribution in [0.1, 0.15) is 46.0 Å². The molecule has 0 saturated heterocycles. The molecule has 2 atom stereocenters. The molecule has 2 N–H and O–H groups in total. The second-order valence-corrected chi connectivity index (χ2v) is 7.06. The Kier molecular flexibility index (Phi) is 8.06. The van der Waals surface area contributed by atoms with Gasteiger partial charge in [0.2, 0.25) is 0 Å². The van der Waals surface area contributed by atoms with Gasteiger partial charge in [0.05, 0.1) is 12.1 Å². The molecule has 144 valence electrons. The van der Waals surface area contributed by atoms with E-state index in [0.29, 0.717) is 12.1 Å². The molecular weight excluding hydrogens is 328 g/mol. The van der Waals surface area contributed by atoms with Crippen LogP contribution < -0.4 is 5.48 Å². The first-order valence-electron chi connectivity index (χ1n) is 9.65. The summed E-state index contributed by atoms with van der Waals surface area (Å²) in [5.41, 5.74) is 2.50. The van der Waals surface area contributed by atoms with Crippen LogP contribution in [0.15, 0.2) is 41.1 Å². The Morgan fingerprint density at radius 3 is 2.85 bits per heavy atom. The predicted molar refractivity (Wildman–Crippen MR) is 105 cm³/mol. The summed E-state index contributed by atoms with van der Waals surface area (Å²) >= 11 is 0. The molecule has 6 heteroatoms. The van der Waals surface area contributed by atoms with Crippen molar-refractivity contribution in [1.29, 1.82) is 0 Å². The average molecular weight is 361 g/mol. The number of allylic oxidation sites excluding steroid dienone is 3. The highest BCUT2D eigenvalue weighted by Gasteiger charge is 2.35. The average Bonchev–Trinajstić information content (AvgIpc) is 2.99. The van der Waals surface area contributed by atoms with E-state index in [4.69, 9.17) is 10.2 Å². The van der Waals surface area contributed by atoms with Gasteiger partial charge in [-0.3, -0.25) is 15.0 Å². The van der Waals surface area contributed by atoms with Crippen LogP contribution in [0.2, 0.25) is 0 Å². The van der Waals surface area contributed by atoms with Gasteiger partial charge >= 0.3 is 0 Å². The summed E-state index contributed by atoms with van der Waals surface area (Å²) in [4.78, 5) is 20.8. The maximum atomic E-state index is 11.2. The van der Waals surface area contributed by atoms with Gasteiger partial charge in [-0.1, -0.05) is 33.1 Å². The van der Waals surface area contributed by atoms with E-state index >= 15 is 0 Å². The SMILES string of the molecule is CCCCC1N=C2C=C(/C=C/C(=O)NO)C=CN2C1CN(C)CCCC. The number of amidine groups is 1. The number of hydroxylamine groups is 1. The summed E-state index contributed by atoms with van der Waals surface area (Å²) in [7, 11) is 2.19. The van der Waals surface area contributed by atoms with Gasteiger partial charge in [-0.25, -0.2) is 5.48 Å². The van der Waals surface area contributed by atoms with Crippen molar-refractivity contribution in [2.24, 2.45) is 4.99 Å². The largest absolute Gasteiger partial charge is 0.327 e. The van der Waals surface area contributed by atoms with Crippen LogP contribution >= 0.6 is 0 Å².